The van der Waals surface area contributed by atoms with Crippen LogP contribution in [0.25, 0.3) is 0 Å². The summed E-state index contributed by atoms with van der Waals surface area (Å²) in [6.45, 7) is 0.428. The number of nitrogens with zero attached hydrogens (tertiary/aromatic N) is 2. The number of rotatable bonds is 5. The van der Waals surface area contributed by atoms with Crippen molar-refractivity contribution in [2.45, 2.75) is 12.2 Å². The monoisotopic (exact) mass is 424 g/mol. The van der Waals surface area contributed by atoms with Crippen molar-refractivity contribution in [1.29, 1.82) is 0 Å². The van der Waals surface area contributed by atoms with Crippen LogP contribution in [-0.4, -0.2) is 30.2 Å². The summed E-state index contributed by atoms with van der Waals surface area (Å²) >= 11 is 0. The van der Waals surface area contributed by atoms with Crippen LogP contribution in [0.3, 0.4) is 0 Å². The molecule has 0 amide bonds. The van der Waals surface area contributed by atoms with E-state index >= 15 is 0 Å². The Balaban J connectivity index is 1.75. The van der Waals surface area contributed by atoms with Gasteiger partial charge in [0.2, 0.25) is 0 Å². The summed E-state index contributed by atoms with van der Waals surface area (Å²) in [5, 5.41) is 21.9. The van der Waals surface area contributed by atoms with Crippen molar-refractivity contribution in [2.75, 3.05) is 20.3 Å². The molecule has 12 heteroatoms. The van der Waals surface area contributed by atoms with Crippen LogP contribution in [0, 0.1) is 20.2 Å². The van der Waals surface area contributed by atoms with Crippen LogP contribution in [0.2, 0.25) is 0 Å². The van der Waals surface area contributed by atoms with E-state index in [2.05, 4.69) is 0 Å². The molecule has 2 aromatic carbocycles. The average Bonchev–Trinajstić information content (AvgIpc) is 3.32. The van der Waals surface area contributed by atoms with Crippen molar-refractivity contribution in [3.8, 4) is 0 Å². The topological polar surface area (TPSA) is 132 Å². The first-order chi connectivity index (χ1) is 13.8. The number of nitro benzene ring substituents is 2. The molecular formula is C17H17N2O9P. The molecule has 1 spiro atoms. The molecule has 0 bridgehead atoms. The van der Waals surface area contributed by atoms with Crippen molar-refractivity contribution in [3.63, 3.8) is 0 Å². The summed E-state index contributed by atoms with van der Waals surface area (Å²) in [5.74, 6) is 0. The Morgan fingerprint density at radius 3 is 1.52 bits per heavy atom. The Hall–Kier alpha value is -2.53. The van der Waals surface area contributed by atoms with Crippen molar-refractivity contribution < 1.29 is 32.5 Å². The van der Waals surface area contributed by atoms with Gasteiger partial charge in [-0.2, -0.15) is 0 Å². The van der Waals surface area contributed by atoms with Crippen LogP contribution < -0.4 is 0 Å². The number of nitro groups is 2. The van der Waals surface area contributed by atoms with Crippen LogP contribution in [0.1, 0.15) is 23.3 Å². The van der Waals surface area contributed by atoms with Gasteiger partial charge in [-0.3, -0.25) is 0 Å². The number of hydrogen-bond donors (Lipinski definition) is 0. The Labute approximate surface area is 164 Å². The summed E-state index contributed by atoms with van der Waals surface area (Å²) in [6.07, 6.45) is -1.54. The molecule has 0 aliphatic carbocycles. The van der Waals surface area contributed by atoms with Crippen molar-refractivity contribution in [3.05, 3.63) is 79.9 Å². The van der Waals surface area contributed by atoms with Crippen molar-refractivity contribution in [2.24, 2.45) is 0 Å². The maximum atomic E-state index is 10.9. The molecule has 0 aromatic heterocycles. The second-order valence-corrected chi connectivity index (χ2v) is 9.14. The van der Waals surface area contributed by atoms with E-state index in [0.717, 1.165) is 0 Å². The van der Waals surface area contributed by atoms with Gasteiger partial charge in [-0.15, -0.1) is 0 Å². The Morgan fingerprint density at radius 1 is 0.828 bits per heavy atom. The molecular weight excluding hydrogens is 407 g/mol. The molecule has 0 unspecified atom stereocenters. The summed E-state index contributed by atoms with van der Waals surface area (Å²) < 4.78 is 29.1. The zero-order valence-electron chi connectivity index (χ0n) is 15.2. The van der Waals surface area contributed by atoms with Crippen LogP contribution >= 0.6 is 7.74 Å². The molecule has 2 fully saturated rings. The van der Waals surface area contributed by atoms with E-state index in [1.54, 1.807) is 24.3 Å². The third kappa shape index (κ3) is 3.38. The molecule has 0 N–H and O–H groups in total. The van der Waals surface area contributed by atoms with Gasteiger partial charge in [-0.1, -0.05) is 0 Å². The van der Waals surface area contributed by atoms with E-state index in [0.29, 0.717) is 11.1 Å². The molecule has 154 valence electrons. The van der Waals surface area contributed by atoms with Crippen molar-refractivity contribution >= 4 is 19.1 Å². The van der Waals surface area contributed by atoms with Gasteiger partial charge in [-0.25, -0.2) is 0 Å². The fraction of sp³-hybridized carbons (Fsp3) is 0.294. The first-order valence-corrected chi connectivity index (χ1v) is 10.4. The van der Waals surface area contributed by atoms with Gasteiger partial charge in [0.15, 0.2) is 0 Å². The van der Waals surface area contributed by atoms with Crippen LogP contribution in [0.15, 0.2) is 48.5 Å². The van der Waals surface area contributed by atoms with Crippen LogP contribution in [-0.2, 0) is 22.6 Å². The predicted molar refractivity (Wildman–Crippen MR) is 99.7 cm³/mol. The SMILES string of the molecule is COP12(OCCO1)O[C@H](c1ccc([N+](=O)[O-])cc1)[C@@H](c1ccc([N+](=O)[O-])cc1)O2. The van der Waals surface area contributed by atoms with Gasteiger partial charge in [0, 0.05) is 0 Å². The maximum absolute atomic E-state index is 10.9. The third-order valence-corrected chi connectivity index (χ3v) is 7.64. The fourth-order valence-corrected chi connectivity index (χ4v) is 5.97. The first-order valence-electron chi connectivity index (χ1n) is 8.60. The zero-order valence-corrected chi connectivity index (χ0v) is 16.1. The van der Waals surface area contributed by atoms with E-state index in [-0.39, 0.29) is 24.6 Å². The van der Waals surface area contributed by atoms with Gasteiger partial charge in [0.05, 0.1) is 0 Å². The van der Waals surface area contributed by atoms with Crippen LogP contribution in [0.5, 0.6) is 0 Å². The van der Waals surface area contributed by atoms with Gasteiger partial charge < -0.3 is 0 Å². The van der Waals surface area contributed by atoms with E-state index in [9.17, 15) is 20.2 Å². The molecule has 0 saturated carbocycles. The Morgan fingerprint density at radius 2 is 1.21 bits per heavy atom. The molecule has 2 atom stereocenters. The Kier molecular flexibility index (Phi) is 4.82. The van der Waals surface area contributed by atoms with E-state index in [1.807, 2.05) is 0 Å². The van der Waals surface area contributed by atoms with Gasteiger partial charge >= 0.3 is 164 Å². The molecule has 2 heterocycles. The molecule has 0 radical (unpaired) electrons. The summed E-state index contributed by atoms with van der Waals surface area (Å²) in [7, 11) is -2.96. The summed E-state index contributed by atoms with van der Waals surface area (Å²) in [4.78, 5) is 20.9. The second-order valence-electron chi connectivity index (χ2n) is 6.34. The number of benzene rings is 2. The fourth-order valence-electron chi connectivity index (χ4n) is 3.27. The minimum absolute atomic E-state index is 0.0689. The standard InChI is InChI=1S/C17H17N2O9P/c1-24-29(25-10-11-26-29)27-16(12-2-6-14(7-3-12)18(20)21)17(28-29)13-4-8-15(9-5-13)19(22)23/h2-9,16-17H,10-11H2,1H3/t16-,17-/m1/s1. The molecule has 2 aliphatic heterocycles. The van der Waals surface area contributed by atoms with E-state index in [4.69, 9.17) is 22.6 Å². The molecule has 2 aromatic rings. The molecule has 2 saturated heterocycles. The van der Waals surface area contributed by atoms with Gasteiger partial charge in [0.1, 0.15) is 0 Å². The quantitative estimate of drug-likeness (QED) is 0.394. The molecule has 29 heavy (non-hydrogen) atoms. The summed E-state index contributed by atoms with van der Waals surface area (Å²) in [5.41, 5.74) is 1.02. The average molecular weight is 424 g/mol. The zero-order chi connectivity index (χ0) is 20.7. The Bertz CT molecular complexity index is 875. The van der Waals surface area contributed by atoms with E-state index in [1.165, 1.54) is 31.4 Å². The van der Waals surface area contributed by atoms with Crippen molar-refractivity contribution in [1.82, 2.24) is 0 Å². The predicted octanol–water partition coefficient (Wildman–Crippen LogP) is 4.15. The number of non-ortho nitro benzene ring substituents is 2. The molecule has 4 rings (SSSR count). The van der Waals surface area contributed by atoms with E-state index < -0.39 is 29.8 Å². The normalized spacial score (nSPS) is 26.0. The molecule has 2 aliphatic rings. The number of hydrogen-bond acceptors (Lipinski definition) is 9. The summed E-state index contributed by atoms with van der Waals surface area (Å²) in [6, 6.07) is 11.6. The van der Waals surface area contributed by atoms with Gasteiger partial charge in [-0.05, 0) is 0 Å². The first kappa shape index (κ1) is 19.8. The third-order valence-electron chi connectivity index (χ3n) is 4.70. The molecule has 11 nitrogen and oxygen atoms in total. The van der Waals surface area contributed by atoms with Crippen LogP contribution in [0.4, 0.5) is 11.4 Å². The minimum atomic E-state index is -4.31. The second kappa shape index (κ2) is 7.06. The van der Waals surface area contributed by atoms with Gasteiger partial charge in [0.25, 0.3) is 0 Å².